The molecule has 0 fully saturated rings. The van der Waals surface area contributed by atoms with Crippen molar-refractivity contribution in [3.8, 4) is 0 Å². The van der Waals surface area contributed by atoms with Gasteiger partial charge in [-0.2, -0.15) is 0 Å². The van der Waals surface area contributed by atoms with E-state index in [4.69, 9.17) is 0 Å². The van der Waals surface area contributed by atoms with Crippen molar-refractivity contribution in [2.75, 3.05) is 0 Å². The Morgan fingerprint density at radius 3 is 2.77 bits per heavy atom. The van der Waals surface area contributed by atoms with Crippen molar-refractivity contribution in [2.24, 2.45) is 5.92 Å². The molecule has 0 aliphatic heterocycles. The van der Waals surface area contributed by atoms with Gasteiger partial charge in [0.15, 0.2) is 11.6 Å². The van der Waals surface area contributed by atoms with Gasteiger partial charge < -0.3 is 0 Å². The lowest BCUT2D eigenvalue weighted by Crippen LogP contribution is -2.20. The summed E-state index contributed by atoms with van der Waals surface area (Å²) in [5, 5.41) is 0. The highest BCUT2D eigenvalue weighted by molar-refractivity contribution is 6.21. The summed E-state index contributed by atoms with van der Waals surface area (Å²) in [6.45, 7) is 3.47. The molecule has 0 radical (unpaired) electrons. The van der Waals surface area contributed by atoms with E-state index in [1.54, 1.807) is 12.2 Å². The first kappa shape index (κ1) is 9.90. The van der Waals surface area contributed by atoms with Crippen molar-refractivity contribution in [2.45, 2.75) is 26.7 Å². The highest BCUT2D eigenvalue weighted by Crippen LogP contribution is 2.19. The molecule has 1 atom stereocenters. The van der Waals surface area contributed by atoms with Crippen LogP contribution < -0.4 is 0 Å². The van der Waals surface area contributed by atoms with Crippen LogP contribution in [-0.2, 0) is 9.59 Å². The van der Waals surface area contributed by atoms with Gasteiger partial charge in [0.2, 0.25) is 0 Å². The highest BCUT2D eigenvalue weighted by atomic mass is 16.1. The van der Waals surface area contributed by atoms with Gasteiger partial charge in [0.1, 0.15) is 0 Å². The summed E-state index contributed by atoms with van der Waals surface area (Å²) in [6, 6.07) is 0. The second-order valence-corrected chi connectivity index (χ2v) is 3.28. The molecular formula is C11H14O2. The minimum Gasteiger partial charge on any atom is -0.294 e. The fourth-order valence-electron chi connectivity index (χ4n) is 1.48. The van der Waals surface area contributed by atoms with Gasteiger partial charge in [0.05, 0.1) is 5.57 Å². The second-order valence-electron chi connectivity index (χ2n) is 3.28. The Bertz CT molecular complexity index is 284. The summed E-state index contributed by atoms with van der Waals surface area (Å²) in [7, 11) is 0. The van der Waals surface area contributed by atoms with E-state index in [1.807, 2.05) is 13.0 Å². The number of ketones is 2. The third-order valence-corrected chi connectivity index (χ3v) is 2.19. The van der Waals surface area contributed by atoms with Gasteiger partial charge in [-0.1, -0.05) is 25.5 Å². The molecule has 0 N–H and O–H groups in total. The Balaban J connectivity index is 2.80. The Morgan fingerprint density at radius 2 is 2.23 bits per heavy atom. The predicted molar refractivity (Wildman–Crippen MR) is 51.3 cm³/mol. The summed E-state index contributed by atoms with van der Waals surface area (Å²) >= 11 is 0. The van der Waals surface area contributed by atoms with E-state index in [2.05, 4.69) is 0 Å². The molecule has 0 aromatic carbocycles. The second kappa shape index (κ2) is 4.17. The summed E-state index contributed by atoms with van der Waals surface area (Å²) in [6.07, 6.45) is 7.08. The van der Waals surface area contributed by atoms with Gasteiger partial charge in [-0.15, -0.1) is 0 Å². The maximum absolute atomic E-state index is 11.6. The molecule has 13 heavy (non-hydrogen) atoms. The van der Waals surface area contributed by atoms with Gasteiger partial charge >= 0.3 is 0 Å². The topological polar surface area (TPSA) is 34.1 Å². The molecule has 2 nitrogen and oxygen atoms in total. The van der Waals surface area contributed by atoms with Crippen molar-refractivity contribution in [1.82, 2.24) is 0 Å². The molecule has 1 unspecified atom stereocenters. The number of Topliss-reactive ketones (excluding diaryl/α,β-unsaturated/α-hetero) is 2. The Morgan fingerprint density at radius 1 is 1.54 bits per heavy atom. The molecule has 0 heterocycles. The Hall–Kier alpha value is -1.18. The summed E-state index contributed by atoms with van der Waals surface area (Å²) in [4.78, 5) is 22.7. The highest BCUT2D eigenvalue weighted by Gasteiger charge is 2.23. The van der Waals surface area contributed by atoms with Crippen LogP contribution in [0.4, 0.5) is 0 Å². The molecule has 1 rings (SSSR count). The zero-order valence-electron chi connectivity index (χ0n) is 8.04. The maximum Gasteiger partial charge on any atom is 0.173 e. The van der Waals surface area contributed by atoms with Crippen molar-refractivity contribution < 1.29 is 9.59 Å². The fourth-order valence-corrected chi connectivity index (χ4v) is 1.48. The van der Waals surface area contributed by atoms with E-state index < -0.39 is 0 Å². The number of carbonyl (C=O) groups excluding carboxylic acids is 2. The van der Waals surface area contributed by atoms with Crippen LogP contribution in [0.5, 0.6) is 0 Å². The van der Waals surface area contributed by atoms with Crippen molar-refractivity contribution in [3.63, 3.8) is 0 Å². The van der Waals surface area contributed by atoms with Crippen molar-refractivity contribution >= 4 is 11.6 Å². The van der Waals surface area contributed by atoms with Gasteiger partial charge in [0.25, 0.3) is 0 Å². The normalized spacial score (nSPS) is 21.5. The molecule has 2 heteroatoms. The minimum atomic E-state index is -0.129. The standard InChI is InChI=1S/C11H14O2/c1-3-5-9-6-4-7-10(8(2)12)11(9)13/h4,6-7,9H,3,5H2,1-2H3. The van der Waals surface area contributed by atoms with Crippen LogP contribution in [0, 0.1) is 5.92 Å². The van der Waals surface area contributed by atoms with Crippen LogP contribution in [0.1, 0.15) is 26.7 Å². The van der Waals surface area contributed by atoms with Crippen LogP contribution in [0.15, 0.2) is 23.8 Å². The van der Waals surface area contributed by atoms with Crippen LogP contribution in [0.3, 0.4) is 0 Å². The van der Waals surface area contributed by atoms with Gasteiger partial charge in [-0.25, -0.2) is 0 Å². The Labute approximate surface area is 78.3 Å². The van der Waals surface area contributed by atoms with Crippen LogP contribution in [0.25, 0.3) is 0 Å². The van der Waals surface area contributed by atoms with Crippen LogP contribution in [0.2, 0.25) is 0 Å². The van der Waals surface area contributed by atoms with E-state index in [-0.39, 0.29) is 17.5 Å². The number of hydrogen-bond acceptors (Lipinski definition) is 2. The summed E-state index contributed by atoms with van der Waals surface area (Å²) < 4.78 is 0. The van der Waals surface area contributed by atoms with E-state index in [9.17, 15) is 9.59 Å². The SMILES string of the molecule is CCCC1C=CC=C(C(C)=O)C1=O. The van der Waals surface area contributed by atoms with Gasteiger partial charge in [-0.05, 0) is 19.4 Å². The quantitative estimate of drug-likeness (QED) is 0.620. The van der Waals surface area contributed by atoms with Crippen molar-refractivity contribution in [1.29, 1.82) is 0 Å². The number of rotatable bonds is 3. The predicted octanol–water partition coefficient (Wildman–Crippen LogP) is 2.06. The average molecular weight is 178 g/mol. The molecule has 1 aliphatic carbocycles. The van der Waals surface area contributed by atoms with Gasteiger partial charge in [0, 0.05) is 5.92 Å². The third kappa shape index (κ3) is 2.14. The first-order valence-corrected chi connectivity index (χ1v) is 4.60. The molecule has 0 saturated carbocycles. The average Bonchev–Trinajstić information content (AvgIpc) is 2.08. The molecule has 1 aliphatic rings. The molecule has 0 bridgehead atoms. The molecular weight excluding hydrogens is 164 g/mol. The van der Waals surface area contributed by atoms with E-state index >= 15 is 0 Å². The summed E-state index contributed by atoms with van der Waals surface area (Å²) in [5.41, 5.74) is 0.348. The van der Waals surface area contributed by atoms with Crippen LogP contribution in [-0.4, -0.2) is 11.6 Å². The van der Waals surface area contributed by atoms with Crippen LogP contribution >= 0.6 is 0 Å². The first-order chi connectivity index (χ1) is 6.16. The van der Waals surface area contributed by atoms with E-state index in [1.165, 1.54) is 6.92 Å². The molecule has 0 spiro atoms. The molecule has 0 saturated heterocycles. The first-order valence-electron chi connectivity index (χ1n) is 4.60. The number of carbonyl (C=O) groups is 2. The molecule has 70 valence electrons. The lowest BCUT2D eigenvalue weighted by molar-refractivity contribution is -0.122. The zero-order valence-corrected chi connectivity index (χ0v) is 8.04. The summed E-state index contributed by atoms with van der Waals surface area (Å²) in [5.74, 6) is -0.221. The molecule has 0 aromatic rings. The van der Waals surface area contributed by atoms with E-state index in [0.717, 1.165) is 12.8 Å². The third-order valence-electron chi connectivity index (χ3n) is 2.19. The molecule has 0 amide bonds. The molecule has 0 aromatic heterocycles. The fraction of sp³-hybridized carbons (Fsp3) is 0.455. The largest absolute Gasteiger partial charge is 0.294 e. The lowest BCUT2D eigenvalue weighted by atomic mass is 9.88. The zero-order chi connectivity index (χ0) is 9.84. The minimum absolute atomic E-state index is 0.0168. The lowest BCUT2D eigenvalue weighted by Gasteiger charge is -2.14. The van der Waals surface area contributed by atoms with Gasteiger partial charge in [-0.3, -0.25) is 9.59 Å². The van der Waals surface area contributed by atoms with Crippen molar-refractivity contribution in [3.05, 3.63) is 23.8 Å². The maximum atomic E-state index is 11.6. The number of hydrogen-bond donors (Lipinski definition) is 0. The Kier molecular flexibility index (Phi) is 3.18. The smallest absolute Gasteiger partial charge is 0.173 e. The monoisotopic (exact) mass is 178 g/mol. The van der Waals surface area contributed by atoms with E-state index in [0.29, 0.717) is 5.57 Å². The number of allylic oxidation sites excluding steroid dienone is 4.